The molecule has 6 heteroatoms. The number of amides is 1. The summed E-state index contributed by atoms with van der Waals surface area (Å²) >= 11 is 0. The van der Waals surface area contributed by atoms with Crippen molar-refractivity contribution in [2.45, 2.75) is 6.92 Å². The standard InChI is InChI=1S/C24H19N3O3/c1-15-6-9-17(10-7-15)21-13-19(18-4-2-3-5-20(18)26-21)24(30)27-25-14-16-8-11-22(28)23(29)12-16/h2-14,28-29H,1H3,(H,27,30). The zero-order chi connectivity index (χ0) is 21.1. The lowest BCUT2D eigenvalue weighted by atomic mass is 10.0. The first-order chi connectivity index (χ1) is 14.5. The largest absolute Gasteiger partial charge is 0.504 e. The Bertz CT molecular complexity index is 1260. The highest BCUT2D eigenvalue weighted by atomic mass is 16.3. The monoisotopic (exact) mass is 397 g/mol. The smallest absolute Gasteiger partial charge is 0.272 e. The summed E-state index contributed by atoms with van der Waals surface area (Å²) < 4.78 is 0. The lowest BCUT2D eigenvalue weighted by molar-refractivity contribution is 0.0956. The van der Waals surface area contributed by atoms with E-state index >= 15 is 0 Å². The van der Waals surface area contributed by atoms with E-state index in [1.165, 1.54) is 18.3 Å². The number of para-hydroxylation sites is 1. The minimum Gasteiger partial charge on any atom is -0.504 e. The first-order valence-electron chi connectivity index (χ1n) is 9.33. The maximum absolute atomic E-state index is 12.9. The van der Waals surface area contributed by atoms with Gasteiger partial charge in [-0.15, -0.1) is 0 Å². The van der Waals surface area contributed by atoms with Gasteiger partial charge in [0.15, 0.2) is 11.5 Å². The molecule has 30 heavy (non-hydrogen) atoms. The number of phenolic OH excluding ortho intramolecular Hbond substituents is 2. The zero-order valence-electron chi connectivity index (χ0n) is 16.2. The van der Waals surface area contributed by atoms with Gasteiger partial charge in [-0.2, -0.15) is 5.10 Å². The van der Waals surface area contributed by atoms with Crippen LogP contribution in [-0.2, 0) is 0 Å². The SMILES string of the molecule is Cc1ccc(-c2cc(C(=O)NN=Cc3ccc(O)c(O)c3)c3ccccc3n2)cc1. The van der Waals surface area contributed by atoms with Crippen LogP contribution in [0, 0.1) is 6.92 Å². The quantitative estimate of drug-likeness (QED) is 0.270. The molecule has 3 aromatic carbocycles. The van der Waals surface area contributed by atoms with Crippen molar-refractivity contribution < 1.29 is 15.0 Å². The van der Waals surface area contributed by atoms with E-state index in [0.29, 0.717) is 22.3 Å². The van der Waals surface area contributed by atoms with E-state index in [4.69, 9.17) is 4.98 Å². The van der Waals surface area contributed by atoms with Gasteiger partial charge < -0.3 is 10.2 Å². The molecule has 0 aliphatic carbocycles. The molecule has 1 heterocycles. The van der Waals surface area contributed by atoms with Crippen molar-refractivity contribution in [1.29, 1.82) is 0 Å². The first-order valence-corrected chi connectivity index (χ1v) is 9.33. The number of fused-ring (bicyclic) bond motifs is 1. The molecule has 4 aromatic rings. The normalized spacial score (nSPS) is 11.1. The van der Waals surface area contributed by atoms with Gasteiger partial charge in [-0.3, -0.25) is 4.79 Å². The molecule has 0 aliphatic rings. The third kappa shape index (κ3) is 3.98. The number of phenols is 2. The Morgan fingerprint density at radius 3 is 2.50 bits per heavy atom. The Kier molecular flexibility index (Phi) is 5.13. The van der Waals surface area contributed by atoms with Crippen molar-refractivity contribution in [3.8, 4) is 22.8 Å². The number of benzene rings is 3. The summed E-state index contributed by atoms with van der Waals surface area (Å²) in [6.45, 7) is 2.02. The van der Waals surface area contributed by atoms with Gasteiger partial charge in [0.25, 0.3) is 5.91 Å². The molecule has 0 aliphatic heterocycles. The summed E-state index contributed by atoms with van der Waals surface area (Å²) in [5.74, 6) is -0.850. The van der Waals surface area contributed by atoms with Gasteiger partial charge in [0, 0.05) is 10.9 Å². The molecule has 0 unspecified atom stereocenters. The molecule has 0 bridgehead atoms. The van der Waals surface area contributed by atoms with Crippen LogP contribution in [0.1, 0.15) is 21.5 Å². The summed E-state index contributed by atoms with van der Waals surface area (Å²) in [5.41, 5.74) is 6.99. The van der Waals surface area contributed by atoms with Crippen molar-refractivity contribution in [3.05, 3.63) is 89.5 Å². The number of rotatable bonds is 4. The molecular formula is C24H19N3O3. The molecule has 0 atom stereocenters. The minimum absolute atomic E-state index is 0.219. The predicted octanol–water partition coefficient (Wildman–Crippen LogP) is 4.39. The molecule has 4 rings (SSSR count). The van der Waals surface area contributed by atoms with E-state index < -0.39 is 0 Å². The van der Waals surface area contributed by atoms with Crippen LogP contribution >= 0.6 is 0 Å². The molecule has 148 valence electrons. The molecule has 1 amide bonds. The number of aromatic nitrogens is 1. The second-order valence-electron chi connectivity index (χ2n) is 6.89. The molecule has 1 aromatic heterocycles. The number of nitrogens with zero attached hydrogens (tertiary/aromatic N) is 2. The Balaban J connectivity index is 1.66. The van der Waals surface area contributed by atoms with E-state index in [1.54, 1.807) is 12.1 Å². The second kappa shape index (κ2) is 8.05. The molecule has 6 nitrogen and oxygen atoms in total. The fourth-order valence-corrected chi connectivity index (χ4v) is 3.08. The minimum atomic E-state index is -0.374. The van der Waals surface area contributed by atoms with Crippen LogP contribution < -0.4 is 5.43 Å². The van der Waals surface area contributed by atoms with Crippen LogP contribution in [0.2, 0.25) is 0 Å². The van der Waals surface area contributed by atoms with Crippen LogP contribution in [0.4, 0.5) is 0 Å². The third-order valence-corrected chi connectivity index (χ3v) is 4.69. The number of aryl methyl sites for hydroxylation is 1. The summed E-state index contributed by atoms with van der Waals surface area (Å²) in [6.07, 6.45) is 1.39. The molecule has 0 spiro atoms. The van der Waals surface area contributed by atoms with E-state index in [0.717, 1.165) is 16.5 Å². The van der Waals surface area contributed by atoms with Gasteiger partial charge in [-0.25, -0.2) is 10.4 Å². The van der Waals surface area contributed by atoms with Crippen LogP contribution in [-0.4, -0.2) is 27.3 Å². The number of aromatic hydroxyl groups is 2. The average Bonchev–Trinajstić information content (AvgIpc) is 2.76. The van der Waals surface area contributed by atoms with E-state index in [9.17, 15) is 15.0 Å². The number of hydrazone groups is 1. The van der Waals surface area contributed by atoms with Gasteiger partial charge >= 0.3 is 0 Å². The fourth-order valence-electron chi connectivity index (χ4n) is 3.08. The lowest BCUT2D eigenvalue weighted by Gasteiger charge is -2.09. The highest BCUT2D eigenvalue weighted by Gasteiger charge is 2.13. The molecule has 0 radical (unpaired) electrons. The molecule has 0 saturated carbocycles. The molecule has 0 fully saturated rings. The van der Waals surface area contributed by atoms with Crippen LogP contribution in [0.15, 0.2) is 77.9 Å². The maximum Gasteiger partial charge on any atom is 0.272 e. The second-order valence-corrected chi connectivity index (χ2v) is 6.89. The number of hydrogen-bond acceptors (Lipinski definition) is 5. The van der Waals surface area contributed by atoms with Crippen molar-refractivity contribution >= 4 is 23.0 Å². The van der Waals surface area contributed by atoms with Gasteiger partial charge in [0.05, 0.1) is 23.0 Å². The van der Waals surface area contributed by atoms with Crippen molar-refractivity contribution in [2.75, 3.05) is 0 Å². The van der Waals surface area contributed by atoms with E-state index in [1.807, 2.05) is 55.5 Å². The Hall–Kier alpha value is -4.19. The van der Waals surface area contributed by atoms with Crippen molar-refractivity contribution in [2.24, 2.45) is 5.10 Å². The average molecular weight is 397 g/mol. The Morgan fingerprint density at radius 1 is 0.967 bits per heavy atom. The van der Waals surface area contributed by atoms with Crippen LogP contribution in [0.3, 0.4) is 0 Å². The molecular weight excluding hydrogens is 378 g/mol. The number of pyridine rings is 1. The third-order valence-electron chi connectivity index (χ3n) is 4.69. The molecule has 0 saturated heterocycles. The number of carbonyl (C=O) groups is 1. The summed E-state index contributed by atoms with van der Waals surface area (Å²) in [4.78, 5) is 17.6. The summed E-state index contributed by atoms with van der Waals surface area (Å²) in [7, 11) is 0. The van der Waals surface area contributed by atoms with Gasteiger partial charge in [0.2, 0.25) is 0 Å². The lowest BCUT2D eigenvalue weighted by Crippen LogP contribution is -2.18. The van der Waals surface area contributed by atoms with E-state index in [-0.39, 0.29) is 17.4 Å². The number of nitrogens with one attached hydrogen (secondary N) is 1. The predicted molar refractivity (Wildman–Crippen MR) is 117 cm³/mol. The first kappa shape index (κ1) is 19.1. The highest BCUT2D eigenvalue weighted by Crippen LogP contribution is 2.26. The van der Waals surface area contributed by atoms with Crippen LogP contribution in [0.25, 0.3) is 22.2 Å². The maximum atomic E-state index is 12.9. The van der Waals surface area contributed by atoms with E-state index in [2.05, 4.69) is 10.5 Å². The van der Waals surface area contributed by atoms with Gasteiger partial charge in [-0.05, 0) is 42.8 Å². The Morgan fingerprint density at radius 2 is 1.73 bits per heavy atom. The summed E-state index contributed by atoms with van der Waals surface area (Å²) in [5, 5.41) is 23.6. The zero-order valence-corrected chi connectivity index (χ0v) is 16.2. The highest BCUT2D eigenvalue weighted by molar-refractivity contribution is 6.07. The van der Waals surface area contributed by atoms with Gasteiger partial charge in [0.1, 0.15) is 0 Å². The summed E-state index contributed by atoms with van der Waals surface area (Å²) in [6, 6.07) is 21.4. The van der Waals surface area contributed by atoms with Crippen LogP contribution in [0.5, 0.6) is 11.5 Å². The topological polar surface area (TPSA) is 94.8 Å². The Labute approximate surface area is 173 Å². The number of hydrogen-bond donors (Lipinski definition) is 3. The van der Waals surface area contributed by atoms with Crippen molar-refractivity contribution in [3.63, 3.8) is 0 Å². The molecule has 3 N–H and O–H groups in total. The number of carbonyl (C=O) groups excluding carboxylic acids is 1. The fraction of sp³-hybridized carbons (Fsp3) is 0.0417. The van der Waals surface area contributed by atoms with Crippen molar-refractivity contribution in [1.82, 2.24) is 10.4 Å². The van der Waals surface area contributed by atoms with Gasteiger partial charge in [-0.1, -0.05) is 48.0 Å².